The van der Waals surface area contributed by atoms with E-state index in [4.69, 9.17) is 14.7 Å². The monoisotopic (exact) mass is 476 g/mol. The maximum Gasteiger partial charge on any atom is 0.326 e. The third-order valence-corrected chi connectivity index (χ3v) is 7.27. The lowest BCUT2D eigenvalue weighted by molar-refractivity contribution is -0.143. The standard InChI is InChI=1S/C27H36N6O2/c1-2-35-23(34)17-33-18-29-24-25(30-22-10-6-7-11-22)31-27(32-26(24)33)28-16-19-12-14-21(15-13-19)20-8-4-3-5-9-20/h12-15,18,20,22H,2-11,16-17H2,1H3,(H2,28,30,31,32). The van der Waals surface area contributed by atoms with E-state index in [1.165, 1.54) is 56.1 Å². The lowest BCUT2D eigenvalue weighted by Gasteiger charge is -2.22. The van der Waals surface area contributed by atoms with Crippen LogP contribution in [0.25, 0.3) is 11.2 Å². The van der Waals surface area contributed by atoms with Gasteiger partial charge in [-0.3, -0.25) is 4.79 Å². The Kier molecular flexibility index (Phi) is 7.45. The van der Waals surface area contributed by atoms with E-state index >= 15 is 0 Å². The third-order valence-electron chi connectivity index (χ3n) is 7.27. The number of benzene rings is 1. The summed E-state index contributed by atoms with van der Waals surface area (Å²) in [5.74, 6) is 1.66. The summed E-state index contributed by atoms with van der Waals surface area (Å²) in [5.41, 5.74) is 3.96. The average Bonchev–Trinajstić information content (AvgIpc) is 3.54. The predicted octanol–water partition coefficient (Wildman–Crippen LogP) is 5.40. The van der Waals surface area contributed by atoms with Crippen molar-refractivity contribution in [1.82, 2.24) is 19.5 Å². The Labute approximate surface area is 206 Å². The van der Waals surface area contributed by atoms with Gasteiger partial charge >= 0.3 is 5.97 Å². The zero-order chi connectivity index (χ0) is 24.0. The molecule has 3 aromatic rings. The van der Waals surface area contributed by atoms with Gasteiger partial charge in [0.05, 0.1) is 12.9 Å². The molecule has 0 atom stereocenters. The molecule has 2 fully saturated rings. The van der Waals surface area contributed by atoms with Crippen LogP contribution in [-0.2, 0) is 22.6 Å². The summed E-state index contributed by atoms with van der Waals surface area (Å²) in [7, 11) is 0. The molecule has 1 aromatic carbocycles. The lowest BCUT2D eigenvalue weighted by Crippen LogP contribution is -2.17. The van der Waals surface area contributed by atoms with Crippen LogP contribution in [0.3, 0.4) is 0 Å². The highest BCUT2D eigenvalue weighted by Crippen LogP contribution is 2.32. The van der Waals surface area contributed by atoms with E-state index in [1.54, 1.807) is 17.8 Å². The van der Waals surface area contributed by atoms with Gasteiger partial charge in [-0.1, -0.05) is 56.4 Å². The lowest BCUT2D eigenvalue weighted by atomic mass is 9.84. The summed E-state index contributed by atoms with van der Waals surface area (Å²) in [4.78, 5) is 26.1. The smallest absolute Gasteiger partial charge is 0.326 e. The summed E-state index contributed by atoms with van der Waals surface area (Å²) in [6.07, 6.45) is 13.0. The number of nitrogens with zero attached hydrogens (tertiary/aromatic N) is 4. The Bertz CT molecular complexity index is 1130. The van der Waals surface area contributed by atoms with Crippen molar-refractivity contribution in [2.75, 3.05) is 17.2 Å². The van der Waals surface area contributed by atoms with E-state index in [0.717, 1.165) is 18.7 Å². The number of aromatic nitrogens is 4. The molecule has 8 nitrogen and oxygen atoms in total. The molecule has 0 unspecified atom stereocenters. The molecule has 0 aliphatic heterocycles. The fourth-order valence-corrected chi connectivity index (χ4v) is 5.37. The fraction of sp³-hybridized carbons (Fsp3) is 0.556. The van der Waals surface area contributed by atoms with Crippen LogP contribution in [0.5, 0.6) is 0 Å². The van der Waals surface area contributed by atoms with E-state index in [2.05, 4.69) is 39.9 Å². The SMILES string of the molecule is CCOC(=O)Cn1cnc2c(NC3CCCC3)nc(NCc3ccc(C4CCCCC4)cc3)nc21. The van der Waals surface area contributed by atoms with Gasteiger partial charge in [0, 0.05) is 12.6 Å². The molecule has 0 spiro atoms. The van der Waals surface area contributed by atoms with Crippen molar-refractivity contribution in [2.45, 2.75) is 89.8 Å². The second-order valence-electron chi connectivity index (χ2n) is 9.80. The molecule has 2 heterocycles. The van der Waals surface area contributed by atoms with Crippen molar-refractivity contribution in [3.63, 3.8) is 0 Å². The molecule has 2 aliphatic carbocycles. The zero-order valence-corrected chi connectivity index (χ0v) is 20.6. The van der Waals surface area contributed by atoms with Crippen LogP contribution in [0.15, 0.2) is 30.6 Å². The Balaban J connectivity index is 1.34. The topological polar surface area (TPSA) is 94.0 Å². The van der Waals surface area contributed by atoms with Gasteiger partial charge in [-0.05, 0) is 49.7 Å². The van der Waals surface area contributed by atoms with Gasteiger partial charge in [-0.15, -0.1) is 0 Å². The van der Waals surface area contributed by atoms with Gasteiger partial charge in [0.2, 0.25) is 5.95 Å². The van der Waals surface area contributed by atoms with Gasteiger partial charge in [-0.25, -0.2) is 4.98 Å². The third kappa shape index (κ3) is 5.74. The molecule has 0 bridgehead atoms. The van der Waals surface area contributed by atoms with E-state index in [9.17, 15) is 4.79 Å². The van der Waals surface area contributed by atoms with E-state index in [1.807, 2.05) is 0 Å². The number of carbonyl (C=O) groups is 1. The summed E-state index contributed by atoms with van der Waals surface area (Å²) in [5, 5.41) is 6.97. The number of hydrogen-bond acceptors (Lipinski definition) is 7. The number of esters is 1. The molecule has 2 N–H and O–H groups in total. The van der Waals surface area contributed by atoms with Gasteiger partial charge in [0.1, 0.15) is 6.54 Å². The highest BCUT2D eigenvalue weighted by molar-refractivity contribution is 5.85. The van der Waals surface area contributed by atoms with Crippen molar-refractivity contribution in [2.24, 2.45) is 0 Å². The van der Waals surface area contributed by atoms with E-state index < -0.39 is 0 Å². The molecular weight excluding hydrogens is 440 g/mol. The molecular formula is C27H36N6O2. The predicted molar refractivity (Wildman–Crippen MR) is 137 cm³/mol. The molecule has 2 aliphatic rings. The molecule has 0 amide bonds. The molecule has 8 heteroatoms. The van der Waals surface area contributed by atoms with Crippen LogP contribution in [0.4, 0.5) is 11.8 Å². The van der Waals surface area contributed by atoms with Gasteiger partial charge in [-0.2, -0.15) is 9.97 Å². The number of fused-ring (bicyclic) bond motifs is 1. The zero-order valence-electron chi connectivity index (χ0n) is 20.6. The number of hydrogen-bond donors (Lipinski definition) is 2. The molecule has 35 heavy (non-hydrogen) atoms. The van der Waals surface area contributed by atoms with Crippen molar-refractivity contribution >= 4 is 28.9 Å². The maximum absolute atomic E-state index is 12.1. The van der Waals surface area contributed by atoms with Crippen LogP contribution in [0, 0.1) is 0 Å². The van der Waals surface area contributed by atoms with Crippen molar-refractivity contribution in [3.8, 4) is 0 Å². The van der Waals surface area contributed by atoms with Crippen LogP contribution < -0.4 is 10.6 Å². The van der Waals surface area contributed by atoms with Crippen LogP contribution in [0.1, 0.15) is 81.8 Å². The minimum absolute atomic E-state index is 0.0757. The number of imidazole rings is 1. The number of carbonyl (C=O) groups excluding carboxylic acids is 1. The maximum atomic E-state index is 12.1. The largest absolute Gasteiger partial charge is 0.465 e. The molecule has 2 aromatic heterocycles. The first-order valence-electron chi connectivity index (χ1n) is 13.2. The first-order valence-corrected chi connectivity index (χ1v) is 13.2. The van der Waals surface area contributed by atoms with Crippen molar-refractivity contribution in [3.05, 3.63) is 41.7 Å². The quantitative estimate of drug-likeness (QED) is 0.399. The summed E-state index contributed by atoms with van der Waals surface area (Å²) >= 11 is 0. The first-order chi connectivity index (χ1) is 17.2. The molecule has 0 radical (unpaired) electrons. The number of ether oxygens (including phenoxy) is 1. The van der Waals surface area contributed by atoms with Gasteiger partial charge < -0.3 is 19.9 Å². The normalized spacial score (nSPS) is 17.1. The highest BCUT2D eigenvalue weighted by atomic mass is 16.5. The Morgan fingerprint density at radius 2 is 1.77 bits per heavy atom. The minimum atomic E-state index is -0.303. The fourth-order valence-electron chi connectivity index (χ4n) is 5.37. The van der Waals surface area contributed by atoms with E-state index in [-0.39, 0.29) is 12.5 Å². The molecule has 186 valence electrons. The Morgan fingerprint density at radius 1 is 1.03 bits per heavy atom. The van der Waals surface area contributed by atoms with Gasteiger partial charge in [0.25, 0.3) is 0 Å². The highest BCUT2D eigenvalue weighted by Gasteiger charge is 2.20. The van der Waals surface area contributed by atoms with Gasteiger partial charge in [0.15, 0.2) is 17.0 Å². The van der Waals surface area contributed by atoms with Crippen LogP contribution in [-0.4, -0.2) is 38.1 Å². The first kappa shape index (κ1) is 23.6. The Hall–Kier alpha value is -3.16. The Morgan fingerprint density at radius 3 is 2.51 bits per heavy atom. The summed E-state index contributed by atoms with van der Waals surface area (Å²) in [6, 6.07) is 9.36. The summed E-state index contributed by atoms with van der Waals surface area (Å²) < 4.78 is 6.86. The van der Waals surface area contributed by atoms with Crippen LogP contribution >= 0.6 is 0 Å². The number of rotatable bonds is 9. The van der Waals surface area contributed by atoms with Crippen molar-refractivity contribution < 1.29 is 9.53 Å². The average molecular weight is 477 g/mol. The minimum Gasteiger partial charge on any atom is -0.465 e. The van der Waals surface area contributed by atoms with E-state index in [0.29, 0.717) is 42.2 Å². The number of nitrogens with one attached hydrogen (secondary N) is 2. The summed E-state index contributed by atoms with van der Waals surface area (Å²) in [6.45, 7) is 2.86. The second-order valence-corrected chi connectivity index (χ2v) is 9.80. The van der Waals surface area contributed by atoms with Crippen LogP contribution in [0.2, 0.25) is 0 Å². The number of anilines is 2. The van der Waals surface area contributed by atoms with Crippen molar-refractivity contribution in [1.29, 1.82) is 0 Å². The molecule has 0 saturated heterocycles. The second kappa shape index (κ2) is 11.1. The molecule has 5 rings (SSSR count). The molecule has 2 saturated carbocycles.